The number of hydrogen-bond acceptors (Lipinski definition) is 6. The molecule has 0 saturated heterocycles. The van der Waals surface area contributed by atoms with Crippen molar-refractivity contribution in [2.45, 2.75) is 0 Å². The molecule has 3 heterocycles. The third kappa shape index (κ3) is 4.00. The molecule has 0 aliphatic rings. The molecule has 4 aromatic rings. The second kappa shape index (κ2) is 8.20. The SMILES string of the molecule is Cn1c(NCC(=O)c2ccccc2-c2cccs2)nc(-c2ccncc2)cc1=O. The van der Waals surface area contributed by atoms with Crippen LogP contribution < -0.4 is 10.9 Å². The average molecular weight is 402 g/mol. The molecule has 0 radical (unpaired) electrons. The van der Waals surface area contributed by atoms with E-state index in [1.807, 2.05) is 41.8 Å². The highest BCUT2D eigenvalue weighted by Crippen LogP contribution is 2.28. The van der Waals surface area contributed by atoms with Gasteiger partial charge in [-0.05, 0) is 23.6 Å². The molecular formula is C22H18N4O2S. The lowest BCUT2D eigenvalue weighted by molar-refractivity contribution is 0.101. The van der Waals surface area contributed by atoms with Crippen LogP contribution in [0.3, 0.4) is 0 Å². The minimum atomic E-state index is -0.208. The molecule has 0 bridgehead atoms. The van der Waals surface area contributed by atoms with E-state index in [2.05, 4.69) is 15.3 Å². The van der Waals surface area contributed by atoms with E-state index in [0.717, 1.165) is 16.0 Å². The molecule has 29 heavy (non-hydrogen) atoms. The maximum atomic E-state index is 12.9. The van der Waals surface area contributed by atoms with Gasteiger partial charge >= 0.3 is 0 Å². The zero-order valence-corrected chi connectivity index (χ0v) is 16.5. The Kier molecular flexibility index (Phi) is 5.31. The van der Waals surface area contributed by atoms with Gasteiger partial charge in [0.25, 0.3) is 5.56 Å². The first kappa shape index (κ1) is 18.8. The van der Waals surface area contributed by atoms with Gasteiger partial charge in [0.15, 0.2) is 5.78 Å². The summed E-state index contributed by atoms with van der Waals surface area (Å²) in [5, 5.41) is 5.01. The molecule has 0 atom stereocenters. The Hall–Kier alpha value is -3.58. The number of ketones is 1. The lowest BCUT2D eigenvalue weighted by atomic mass is 10.0. The van der Waals surface area contributed by atoms with Gasteiger partial charge in [0.2, 0.25) is 5.95 Å². The van der Waals surface area contributed by atoms with Crippen molar-refractivity contribution in [2.75, 3.05) is 11.9 Å². The lowest BCUT2D eigenvalue weighted by Crippen LogP contribution is -2.24. The Morgan fingerprint density at radius 1 is 1.10 bits per heavy atom. The van der Waals surface area contributed by atoms with Gasteiger partial charge in [0.1, 0.15) is 0 Å². The molecule has 1 aromatic carbocycles. The highest BCUT2D eigenvalue weighted by atomic mass is 32.1. The van der Waals surface area contributed by atoms with Crippen molar-refractivity contribution in [3.63, 3.8) is 0 Å². The van der Waals surface area contributed by atoms with Gasteiger partial charge in [-0.25, -0.2) is 4.98 Å². The Bertz CT molecular complexity index is 1200. The number of rotatable bonds is 6. The molecule has 0 fully saturated rings. The monoisotopic (exact) mass is 402 g/mol. The van der Waals surface area contributed by atoms with Crippen LogP contribution >= 0.6 is 11.3 Å². The maximum Gasteiger partial charge on any atom is 0.255 e. The largest absolute Gasteiger partial charge is 0.348 e. The standard InChI is InChI=1S/C22H18N4O2S/c1-26-21(28)13-18(15-8-10-23-11-9-15)25-22(26)24-14-19(27)16-5-2-3-6-17(16)20-7-4-12-29-20/h2-13H,14H2,1H3,(H,24,25). The van der Waals surface area contributed by atoms with Crippen molar-refractivity contribution in [1.82, 2.24) is 14.5 Å². The van der Waals surface area contributed by atoms with Gasteiger partial charge in [0, 0.05) is 47.1 Å². The molecule has 1 N–H and O–H groups in total. The van der Waals surface area contributed by atoms with Crippen LogP contribution in [0.4, 0.5) is 5.95 Å². The Morgan fingerprint density at radius 2 is 1.90 bits per heavy atom. The summed E-state index contributed by atoms with van der Waals surface area (Å²) in [4.78, 5) is 34.8. The number of carbonyl (C=O) groups excluding carboxylic acids is 1. The number of thiophene rings is 1. The number of anilines is 1. The molecule has 7 heteroatoms. The molecule has 0 aliphatic heterocycles. The highest BCUT2D eigenvalue weighted by Gasteiger charge is 2.14. The third-order valence-corrected chi connectivity index (χ3v) is 5.44. The topological polar surface area (TPSA) is 76.9 Å². The number of Topliss-reactive ketones (excluding diaryl/α,β-unsaturated/α-hetero) is 1. The molecule has 0 spiro atoms. The minimum absolute atomic E-state index is 0.0302. The first-order valence-corrected chi connectivity index (χ1v) is 9.90. The predicted octanol–water partition coefficient (Wildman–Crippen LogP) is 3.87. The summed E-state index contributed by atoms with van der Waals surface area (Å²) in [5.41, 5.74) is 2.65. The summed E-state index contributed by atoms with van der Waals surface area (Å²) in [6.45, 7) is 0.0302. The number of hydrogen-bond donors (Lipinski definition) is 1. The van der Waals surface area contributed by atoms with Crippen molar-refractivity contribution < 1.29 is 4.79 Å². The van der Waals surface area contributed by atoms with Crippen LogP contribution in [0, 0.1) is 0 Å². The quantitative estimate of drug-likeness (QED) is 0.496. The number of carbonyl (C=O) groups is 1. The molecular weight excluding hydrogens is 384 g/mol. The molecule has 144 valence electrons. The summed E-state index contributed by atoms with van der Waals surface area (Å²) in [6, 6.07) is 16.5. The average Bonchev–Trinajstić information content (AvgIpc) is 3.30. The minimum Gasteiger partial charge on any atom is -0.348 e. The molecule has 6 nitrogen and oxygen atoms in total. The van der Waals surface area contributed by atoms with Crippen LogP contribution in [0.15, 0.2) is 77.2 Å². The molecule has 0 saturated carbocycles. The third-order valence-electron chi connectivity index (χ3n) is 4.53. The van der Waals surface area contributed by atoms with Crippen LogP contribution in [0.2, 0.25) is 0 Å². The zero-order valence-electron chi connectivity index (χ0n) is 15.7. The van der Waals surface area contributed by atoms with Crippen LogP contribution in [0.1, 0.15) is 10.4 Å². The highest BCUT2D eigenvalue weighted by molar-refractivity contribution is 7.13. The molecule has 4 rings (SSSR count). The van der Waals surface area contributed by atoms with E-state index in [4.69, 9.17) is 0 Å². The number of aromatic nitrogens is 3. The van der Waals surface area contributed by atoms with Crippen LogP contribution in [0.25, 0.3) is 21.7 Å². The fourth-order valence-electron chi connectivity index (χ4n) is 3.00. The molecule has 0 aliphatic carbocycles. The Morgan fingerprint density at radius 3 is 2.66 bits per heavy atom. The van der Waals surface area contributed by atoms with Crippen LogP contribution in [-0.4, -0.2) is 26.9 Å². The number of nitrogens with zero attached hydrogens (tertiary/aromatic N) is 3. The van der Waals surface area contributed by atoms with E-state index < -0.39 is 0 Å². The van der Waals surface area contributed by atoms with Gasteiger partial charge in [0.05, 0.1) is 12.2 Å². The second-order valence-corrected chi connectivity index (χ2v) is 7.35. The van der Waals surface area contributed by atoms with Crippen molar-refractivity contribution in [2.24, 2.45) is 7.05 Å². The number of nitrogens with one attached hydrogen (secondary N) is 1. The van der Waals surface area contributed by atoms with Gasteiger partial charge in [-0.3, -0.25) is 19.1 Å². The first-order chi connectivity index (χ1) is 14.1. The Balaban J connectivity index is 1.60. The summed E-state index contributed by atoms with van der Waals surface area (Å²) >= 11 is 1.59. The van der Waals surface area contributed by atoms with Gasteiger partial charge in [-0.1, -0.05) is 30.3 Å². The predicted molar refractivity (Wildman–Crippen MR) is 115 cm³/mol. The first-order valence-electron chi connectivity index (χ1n) is 9.02. The molecule has 0 unspecified atom stereocenters. The zero-order chi connectivity index (χ0) is 20.2. The van der Waals surface area contributed by atoms with E-state index in [9.17, 15) is 9.59 Å². The van der Waals surface area contributed by atoms with E-state index >= 15 is 0 Å². The number of benzene rings is 1. The maximum absolute atomic E-state index is 12.9. The van der Waals surface area contributed by atoms with E-state index in [-0.39, 0.29) is 17.9 Å². The van der Waals surface area contributed by atoms with Gasteiger partial charge in [-0.2, -0.15) is 0 Å². The van der Waals surface area contributed by atoms with Crippen LogP contribution in [-0.2, 0) is 7.05 Å². The van der Waals surface area contributed by atoms with Crippen LogP contribution in [0.5, 0.6) is 0 Å². The summed E-state index contributed by atoms with van der Waals surface area (Å²) in [5.74, 6) is 0.267. The summed E-state index contributed by atoms with van der Waals surface area (Å²) in [7, 11) is 1.62. The Labute approximate surface area is 171 Å². The molecule has 3 aromatic heterocycles. The lowest BCUT2D eigenvalue weighted by Gasteiger charge is -2.12. The van der Waals surface area contributed by atoms with Crippen molar-refractivity contribution in [3.8, 4) is 21.7 Å². The van der Waals surface area contributed by atoms with Gasteiger partial charge < -0.3 is 5.32 Å². The van der Waals surface area contributed by atoms with Crippen molar-refractivity contribution in [1.29, 1.82) is 0 Å². The summed E-state index contributed by atoms with van der Waals surface area (Å²) < 4.78 is 1.39. The van der Waals surface area contributed by atoms with E-state index in [0.29, 0.717) is 17.2 Å². The molecule has 0 amide bonds. The fourth-order valence-corrected chi connectivity index (χ4v) is 3.76. The number of pyridine rings is 1. The smallest absolute Gasteiger partial charge is 0.255 e. The normalized spacial score (nSPS) is 10.7. The second-order valence-electron chi connectivity index (χ2n) is 6.40. The van der Waals surface area contributed by atoms with Crippen molar-refractivity contribution in [3.05, 3.63) is 88.3 Å². The van der Waals surface area contributed by atoms with Crippen molar-refractivity contribution >= 4 is 23.1 Å². The van der Waals surface area contributed by atoms with E-state index in [1.54, 1.807) is 42.9 Å². The van der Waals surface area contributed by atoms with E-state index in [1.165, 1.54) is 10.6 Å². The summed E-state index contributed by atoms with van der Waals surface area (Å²) in [6.07, 6.45) is 3.29. The fraction of sp³-hybridized carbons (Fsp3) is 0.0909. The van der Waals surface area contributed by atoms with Gasteiger partial charge in [-0.15, -0.1) is 11.3 Å².